The van der Waals surface area contributed by atoms with Gasteiger partial charge in [-0.25, -0.2) is 0 Å². The van der Waals surface area contributed by atoms with Crippen molar-refractivity contribution in [2.45, 2.75) is 50.2 Å². The number of ether oxygens (including phenoxy) is 3. The molecule has 0 radical (unpaired) electrons. The van der Waals surface area contributed by atoms with Gasteiger partial charge in [-0.05, 0) is 50.3 Å². The molecule has 4 nitrogen and oxygen atoms in total. The predicted molar refractivity (Wildman–Crippen MR) is 107 cm³/mol. The van der Waals surface area contributed by atoms with Gasteiger partial charge < -0.3 is 19.5 Å². The lowest BCUT2D eigenvalue weighted by Crippen LogP contribution is -2.42. The van der Waals surface area contributed by atoms with Crippen molar-refractivity contribution in [3.8, 4) is 17.2 Å². The van der Waals surface area contributed by atoms with Crippen LogP contribution in [0.25, 0.3) is 0 Å². The van der Waals surface area contributed by atoms with Gasteiger partial charge in [0.15, 0.2) is 11.5 Å². The lowest BCUT2D eigenvalue weighted by molar-refractivity contribution is 0.0364. The topological polar surface area (TPSA) is 39.7 Å². The lowest BCUT2D eigenvalue weighted by atomic mass is 9.85. The van der Waals surface area contributed by atoms with Crippen LogP contribution in [0, 0.1) is 0 Å². The fraction of sp³-hybridized carbons (Fsp3) is 0.478. The van der Waals surface area contributed by atoms with E-state index in [-0.39, 0.29) is 11.6 Å². The van der Waals surface area contributed by atoms with Gasteiger partial charge in [0.25, 0.3) is 0 Å². The predicted octanol–water partition coefficient (Wildman–Crippen LogP) is 4.67. The van der Waals surface area contributed by atoms with Crippen molar-refractivity contribution in [1.29, 1.82) is 0 Å². The summed E-state index contributed by atoms with van der Waals surface area (Å²) in [5.41, 5.74) is 2.51. The number of hydrogen-bond donors (Lipinski definition) is 1. The van der Waals surface area contributed by atoms with Crippen LogP contribution in [0.4, 0.5) is 0 Å². The van der Waals surface area contributed by atoms with Gasteiger partial charge in [-0.3, -0.25) is 0 Å². The summed E-state index contributed by atoms with van der Waals surface area (Å²) in [4.78, 5) is 0. The molecule has 2 aliphatic rings. The normalized spacial score (nSPS) is 20.1. The summed E-state index contributed by atoms with van der Waals surface area (Å²) in [6, 6.07) is 15.0. The monoisotopic (exact) mass is 367 g/mol. The van der Waals surface area contributed by atoms with E-state index in [1.807, 2.05) is 6.07 Å². The number of methoxy groups -OCH3 is 2. The number of benzene rings is 2. The fourth-order valence-corrected chi connectivity index (χ4v) is 4.54. The minimum Gasteiger partial charge on any atom is -0.493 e. The van der Waals surface area contributed by atoms with Crippen LogP contribution in [-0.2, 0) is 6.42 Å². The zero-order valence-electron chi connectivity index (χ0n) is 16.3. The Labute approximate surface area is 161 Å². The maximum atomic E-state index is 6.54. The molecule has 0 amide bonds. The van der Waals surface area contributed by atoms with Gasteiger partial charge >= 0.3 is 0 Å². The van der Waals surface area contributed by atoms with Gasteiger partial charge in [0.05, 0.1) is 14.2 Å². The molecule has 0 bridgehead atoms. The first-order chi connectivity index (χ1) is 13.2. The molecular formula is C23H29NO3. The third kappa shape index (κ3) is 3.77. The summed E-state index contributed by atoms with van der Waals surface area (Å²) in [5, 5.41) is 3.79. The summed E-state index contributed by atoms with van der Waals surface area (Å²) in [7, 11) is 3.36. The Morgan fingerprint density at radius 2 is 1.74 bits per heavy atom. The molecule has 27 heavy (non-hydrogen) atoms. The van der Waals surface area contributed by atoms with Crippen LogP contribution in [0.3, 0.4) is 0 Å². The molecule has 1 atom stereocenters. The van der Waals surface area contributed by atoms with Crippen LogP contribution in [0.5, 0.6) is 17.2 Å². The summed E-state index contributed by atoms with van der Waals surface area (Å²) in [5.74, 6) is 2.43. The van der Waals surface area contributed by atoms with E-state index in [2.05, 4.69) is 41.7 Å². The Hall–Kier alpha value is -2.20. The van der Waals surface area contributed by atoms with Gasteiger partial charge in [0.2, 0.25) is 0 Å². The third-order valence-electron chi connectivity index (χ3n) is 5.96. The summed E-state index contributed by atoms with van der Waals surface area (Å²) in [6.45, 7) is 0.943. The van der Waals surface area contributed by atoms with Crippen LogP contribution in [0.1, 0.15) is 49.3 Å². The zero-order chi connectivity index (χ0) is 18.7. The zero-order valence-corrected chi connectivity index (χ0v) is 16.3. The molecule has 0 saturated heterocycles. The molecule has 144 valence electrons. The smallest absolute Gasteiger partial charge is 0.164 e. The standard InChI is InChI=1S/C23H29NO3/c1-25-21-14-18-19(24-13-10-17-8-4-3-5-9-17)16-23(11-6-7-12-23)27-20(18)15-22(21)26-2/h3-5,8-9,14-15,19,24H,6-7,10-13,16H2,1-2H3. The van der Waals surface area contributed by atoms with E-state index in [9.17, 15) is 0 Å². The molecular weight excluding hydrogens is 338 g/mol. The highest BCUT2D eigenvalue weighted by molar-refractivity contribution is 5.53. The second-order valence-electron chi connectivity index (χ2n) is 7.68. The van der Waals surface area contributed by atoms with E-state index in [4.69, 9.17) is 14.2 Å². The SMILES string of the molecule is COc1cc2c(cc1OC)C(NCCc1ccccc1)CC1(CCCC1)O2. The van der Waals surface area contributed by atoms with Crippen molar-refractivity contribution >= 4 is 0 Å². The maximum Gasteiger partial charge on any atom is 0.164 e. The van der Waals surface area contributed by atoms with E-state index in [1.54, 1.807) is 14.2 Å². The first-order valence-corrected chi connectivity index (χ1v) is 9.95. The maximum absolute atomic E-state index is 6.54. The molecule has 1 N–H and O–H groups in total. The van der Waals surface area contributed by atoms with E-state index in [0.29, 0.717) is 0 Å². The number of fused-ring (bicyclic) bond motifs is 1. The van der Waals surface area contributed by atoms with Crippen molar-refractivity contribution in [1.82, 2.24) is 5.32 Å². The molecule has 2 aromatic rings. The molecule has 1 aliphatic heterocycles. The average molecular weight is 367 g/mol. The Morgan fingerprint density at radius 3 is 2.44 bits per heavy atom. The van der Waals surface area contributed by atoms with Gasteiger partial charge in [0.1, 0.15) is 11.4 Å². The van der Waals surface area contributed by atoms with Crippen LogP contribution >= 0.6 is 0 Å². The summed E-state index contributed by atoms with van der Waals surface area (Å²) < 4.78 is 17.6. The lowest BCUT2D eigenvalue weighted by Gasteiger charge is -2.40. The third-order valence-corrected chi connectivity index (χ3v) is 5.96. The molecule has 4 rings (SSSR count). The fourth-order valence-electron chi connectivity index (χ4n) is 4.54. The van der Waals surface area contributed by atoms with Crippen molar-refractivity contribution < 1.29 is 14.2 Å². The highest BCUT2D eigenvalue weighted by atomic mass is 16.5. The Bertz CT molecular complexity index is 769. The van der Waals surface area contributed by atoms with Crippen LogP contribution in [0.15, 0.2) is 42.5 Å². The molecule has 1 spiro atoms. The van der Waals surface area contributed by atoms with Crippen LogP contribution in [-0.4, -0.2) is 26.4 Å². The Balaban J connectivity index is 1.57. The van der Waals surface area contributed by atoms with Gasteiger partial charge in [0, 0.05) is 24.1 Å². The quantitative estimate of drug-likeness (QED) is 0.805. The largest absolute Gasteiger partial charge is 0.493 e. The minimum atomic E-state index is -0.0307. The van der Waals surface area contributed by atoms with E-state index < -0.39 is 0 Å². The highest BCUT2D eigenvalue weighted by Gasteiger charge is 2.43. The first kappa shape index (κ1) is 18.2. The molecule has 1 unspecified atom stereocenters. The molecule has 1 fully saturated rings. The van der Waals surface area contributed by atoms with Gasteiger partial charge in [-0.15, -0.1) is 0 Å². The summed E-state index contributed by atoms with van der Waals surface area (Å²) in [6.07, 6.45) is 6.81. The second kappa shape index (κ2) is 7.81. The molecule has 1 heterocycles. The molecule has 4 heteroatoms. The molecule has 2 aromatic carbocycles. The number of nitrogens with one attached hydrogen (secondary N) is 1. The van der Waals surface area contributed by atoms with Crippen molar-refractivity contribution in [3.05, 3.63) is 53.6 Å². The first-order valence-electron chi connectivity index (χ1n) is 9.95. The van der Waals surface area contributed by atoms with Crippen molar-refractivity contribution in [3.63, 3.8) is 0 Å². The van der Waals surface area contributed by atoms with E-state index >= 15 is 0 Å². The van der Waals surface area contributed by atoms with Crippen LogP contribution < -0.4 is 19.5 Å². The second-order valence-corrected chi connectivity index (χ2v) is 7.68. The van der Waals surface area contributed by atoms with E-state index in [0.717, 1.165) is 49.5 Å². The Morgan fingerprint density at radius 1 is 1.04 bits per heavy atom. The number of hydrogen-bond acceptors (Lipinski definition) is 4. The number of rotatable bonds is 6. The van der Waals surface area contributed by atoms with Crippen LogP contribution in [0.2, 0.25) is 0 Å². The van der Waals surface area contributed by atoms with Gasteiger partial charge in [-0.1, -0.05) is 30.3 Å². The molecule has 0 aromatic heterocycles. The summed E-state index contributed by atoms with van der Waals surface area (Å²) >= 11 is 0. The average Bonchev–Trinajstić information content (AvgIpc) is 3.15. The van der Waals surface area contributed by atoms with E-state index in [1.165, 1.54) is 24.0 Å². The van der Waals surface area contributed by atoms with Crippen molar-refractivity contribution in [2.24, 2.45) is 0 Å². The highest BCUT2D eigenvalue weighted by Crippen LogP contribution is 2.49. The minimum absolute atomic E-state index is 0.0307. The Kier molecular flexibility index (Phi) is 5.26. The molecule has 1 saturated carbocycles. The van der Waals surface area contributed by atoms with Gasteiger partial charge in [-0.2, -0.15) is 0 Å². The molecule has 1 aliphatic carbocycles. The van der Waals surface area contributed by atoms with Crippen molar-refractivity contribution in [2.75, 3.05) is 20.8 Å².